The zero-order valence-electron chi connectivity index (χ0n) is 15.2. The van der Waals surface area contributed by atoms with E-state index in [1.165, 1.54) is 11.1 Å². The first-order chi connectivity index (χ1) is 12.8. The number of rotatable bonds is 12. The van der Waals surface area contributed by atoms with E-state index in [0.717, 1.165) is 65.7 Å². The summed E-state index contributed by atoms with van der Waals surface area (Å²) < 4.78 is 21.7. The minimum atomic E-state index is 0.421. The van der Waals surface area contributed by atoms with Gasteiger partial charge < -0.3 is 18.9 Å². The van der Waals surface area contributed by atoms with Crippen LogP contribution in [0.5, 0.6) is 0 Å². The maximum Gasteiger partial charge on any atom is 0.0936 e. The maximum atomic E-state index is 5.43. The maximum absolute atomic E-state index is 5.43. The van der Waals surface area contributed by atoms with Gasteiger partial charge in [0, 0.05) is 39.3 Å². The SMILES string of the molecule is c1cc(CN(CC2CO2)CC2CO2)cc(CN(CC2CO2)C[C@H]2CO2)c1. The van der Waals surface area contributed by atoms with E-state index in [1.807, 2.05) is 0 Å². The van der Waals surface area contributed by atoms with Crippen LogP contribution in [0.1, 0.15) is 11.1 Å². The van der Waals surface area contributed by atoms with Crippen molar-refractivity contribution in [1.82, 2.24) is 9.80 Å². The molecule has 0 radical (unpaired) electrons. The number of epoxide rings is 4. The van der Waals surface area contributed by atoms with E-state index >= 15 is 0 Å². The summed E-state index contributed by atoms with van der Waals surface area (Å²) in [6.45, 7) is 9.58. The molecule has 0 bridgehead atoms. The Hall–Kier alpha value is -1.02. The van der Waals surface area contributed by atoms with E-state index in [9.17, 15) is 0 Å². The predicted molar refractivity (Wildman–Crippen MR) is 96.0 cm³/mol. The fourth-order valence-corrected chi connectivity index (χ4v) is 3.60. The second-order valence-electron chi connectivity index (χ2n) is 8.03. The molecule has 0 N–H and O–H groups in total. The van der Waals surface area contributed by atoms with Crippen molar-refractivity contribution in [3.63, 3.8) is 0 Å². The van der Waals surface area contributed by atoms with Gasteiger partial charge in [-0.2, -0.15) is 0 Å². The molecule has 5 rings (SSSR count). The topological polar surface area (TPSA) is 56.6 Å². The normalized spacial score (nSPS) is 31.5. The van der Waals surface area contributed by atoms with Gasteiger partial charge >= 0.3 is 0 Å². The van der Waals surface area contributed by atoms with Gasteiger partial charge in [0.15, 0.2) is 0 Å². The van der Waals surface area contributed by atoms with E-state index in [2.05, 4.69) is 34.1 Å². The first kappa shape index (κ1) is 17.1. The summed E-state index contributed by atoms with van der Waals surface area (Å²) >= 11 is 0. The van der Waals surface area contributed by atoms with Crippen molar-refractivity contribution >= 4 is 0 Å². The number of benzene rings is 1. The lowest BCUT2D eigenvalue weighted by Crippen LogP contribution is -2.32. The second kappa shape index (κ2) is 7.54. The van der Waals surface area contributed by atoms with Crippen molar-refractivity contribution in [1.29, 1.82) is 0 Å². The molecule has 1 aromatic rings. The van der Waals surface area contributed by atoms with E-state index in [0.29, 0.717) is 24.4 Å². The standard InChI is InChI=1S/C20H28N2O4/c1-2-15(5-21(7-17-11-23-17)8-18-12-24-18)4-16(3-1)6-22(9-19-13-25-19)10-20-14-26-20/h1-4,17-20H,5-14H2/t17-,18?,19?,20?/m0/s1. The molecule has 4 atom stereocenters. The van der Waals surface area contributed by atoms with Crippen LogP contribution in [0.4, 0.5) is 0 Å². The van der Waals surface area contributed by atoms with Crippen LogP contribution in [-0.4, -0.2) is 86.8 Å². The largest absolute Gasteiger partial charge is 0.372 e. The number of hydrogen-bond acceptors (Lipinski definition) is 6. The van der Waals surface area contributed by atoms with E-state index in [4.69, 9.17) is 18.9 Å². The third kappa shape index (κ3) is 5.49. The summed E-state index contributed by atoms with van der Waals surface area (Å²) in [5.74, 6) is 0. The zero-order chi connectivity index (χ0) is 17.3. The highest BCUT2D eigenvalue weighted by molar-refractivity contribution is 5.23. The van der Waals surface area contributed by atoms with Gasteiger partial charge in [-0.1, -0.05) is 24.3 Å². The van der Waals surface area contributed by atoms with E-state index in [-0.39, 0.29) is 0 Å². The highest BCUT2D eigenvalue weighted by Gasteiger charge is 2.32. The minimum Gasteiger partial charge on any atom is -0.372 e. The summed E-state index contributed by atoms with van der Waals surface area (Å²) in [4.78, 5) is 4.95. The molecule has 4 fully saturated rings. The molecule has 4 saturated heterocycles. The molecule has 4 heterocycles. The Labute approximate surface area is 154 Å². The lowest BCUT2D eigenvalue weighted by Gasteiger charge is -2.23. The van der Waals surface area contributed by atoms with Gasteiger partial charge in [0.1, 0.15) is 0 Å². The second-order valence-corrected chi connectivity index (χ2v) is 8.03. The quantitative estimate of drug-likeness (QED) is 0.516. The molecule has 142 valence electrons. The van der Waals surface area contributed by atoms with E-state index < -0.39 is 0 Å². The van der Waals surface area contributed by atoms with Gasteiger partial charge in [0.25, 0.3) is 0 Å². The smallest absolute Gasteiger partial charge is 0.0936 e. The van der Waals surface area contributed by atoms with Gasteiger partial charge in [-0.15, -0.1) is 0 Å². The average Bonchev–Trinajstić information content (AvgIpc) is 3.40. The third-order valence-corrected chi connectivity index (χ3v) is 5.26. The first-order valence-electron chi connectivity index (χ1n) is 9.79. The average molecular weight is 360 g/mol. The van der Waals surface area contributed by atoms with Crippen LogP contribution in [0.3, 0.4) is 0 Å². The monoisotopic (exact) mass is 360 g/mol. The summed E-state index contributed by atoms with van der Waals surface area (Å²) in [7, 11) is 0. The van der Waals surface area contributed by atoms with E-state index in [1.54, 1.807) is 0 Å². The molecule has 6 heteroatoms. The molecule has 0 aromatic heterocycles. The molecule has 0 amide bonds. The summed E-state index contributed by atoms with van der Waals surface area (Å²) in [5, 5.41) is 0. The molecule has 0 spiro atoms. The first-order valence-corrected chi connectivity index (χ1v) is 9.79. The third-order valence-electron chi connectivity index (χ3n) is 5.26. The van der Waals surface area contributed by atoms with Gasteiger partial charge in [-0.05, 0) is 11.1 Å². The summed E-state index contributed by atoms with van der Waals surface area (Å²) in [5.41, 5.74) is 2.74. The molecular weight excluding hydrogens is 332 g/mol. The van der Waals surface area contributed by atoms with Gasteiger partial charge in [-0.25, -0.2) is 0 Å². The van der Waals surface area contributed by atoms with Crippen molar-refractivity contribution < 1.29 is 18.9 Å². The molecule has 0 saturated carbocycles. The fraction of sp³-hybridized carbons (Fsp3) is 0.700. The molecule has 0 aliphatic carbocycles. The van der Waals surface area contributed by atoms with Crippen LogP contribution >= 0.6 is 0 Å². The van der Waals surface area contributed by atoms with Crippen molar-refractivity contribution in [3.05, 3.63) is 35.4 Å². The number of hydrogen-bond donors (Lipinski definition) is 0. The van der Waals surface area contributed by atoms with Crippen LogP contribution in [0, 0.1) is 0 Å². The highest BCUT2D eigenvalue weighted by Crippen LogP contribution is 2.21. The highest BCUT2D eigenvalue weighted by atomic mass is 16.6. The van der Waals surface area contributed by atoms with Gasteiger partial charge in [-0.3, -0.25) is 9.80 Å². The molecule has 3 unspecified atom stereocenters. The Bertz CT molecular complexity index is 534. The minimum absolute atomic E-state index is 0.421. The summed E-state index contributed by atoms with van der Waals surface area (Å²) in [6.07, 6.45) is 1.68. The van der Waals surface area contributed by atoms with Crippen molar-refractivity contribution in [2.45, 2.75) is 37.5 Å². The Kier molecular flexibility index (Phi) is 4.96. The molecule has 4 aliphatic heterocycles. The predicted octanol–water partition coefficient (Wildman–Crippen LogP) is 0.886. The number of ether oxygens (including phenoxy) is 4. The molecular formula is C20H28N2O4. The molecule has 4 aliphatic rings. The lowest BCUT2D eigenvalue weighted by atomic mass is 10.1. The molecule has 1 aromatic carbocycles. The van der Waals surface area contributed by atoms with Crippen LogP contribution in [-0.2, 0) is 32.0 Å². The van der Waals surface area contributed by atoms with Crippen LogP contribution < -0.4 is 0 Å². The van der Waals surface area contributed by atoms with Crippen LogP contribution in [0.25, 0.3) is 0 Å². The molecule has 26 heavy (non-hydrogen) atoms. The lowest BCUT2D eigenvalue weighted by molar-refractivity contribution is 0.210. The van der Waals surface area contributed by atoms with Crippen molar-refractivity contribution in [2.24, 2.45) is 0 Å². The van der Waals surface area contributed by atoms with Crippen LogP contribution in [0.15, 0.2) is 24.3 Å². The van der Waals surface area contributed by atoms with Gasteiger partial charge in [0.2, 0.25) is 0 Å². The van der Waals surface area contributed by atoms with Crippen molar-refractivity contribution in [2.75, 3.05) is 52.6 Å². The van der Waals surface area contributed by atoms with Crippen LogP contribution in [0.2, 0.25) is 0 Å². The molecule has 6 nitrogen and oxygen atoms in total. The Morgan fingerprint density at radius 3 is 1.31 bits per heavy atom. The van der Waals surface area contributed by atoms with Crippen molar-refractivity contribution in [3.8, 4) is 0 Å². The fourth-order valence-electron chi connectivity index (χ4n) is 3.60. The zero-order valence-corrected chi connectivity index (χ0v) is 15.2. The Morgan fingerprint density at radius 1 is 0.654 bits per heavy atom. The Balaban J connectivity index is 1.20. The van der Waals surface area contributed by atoms with Gasteiger partial charge in [0.05, 0.1) is 50.8 Å². The Morgan fingerprint density at radius 2 is 1.00 bits per heavy atom. The summed E-state index contributed by atoms with van der Waals surface area (Å²) in [6, 6.07) is 9.00. The number of nitrogens with zero attached hydrogens (tertiary/aromatic N) is 2.